The number of hydrogen-bond acceptors (Lipinski definition) is 4. The fourth-order valence-electron chi connectivity index (χ4n) is 10.5. The van der Waals surface area contributed by atoms with Crippen molar-refractivity contribution in [3.8, 4) is 67.8 Å². The van der Waals surface area contributed by atoms with Crippen LogP contribution in [-0.2, 0) is 0 Å². The third kappa shape index (κ3) is 6.16. The van der Waals surface area contributed by atoms with Gasteiger partial charge in [0.05, 0.1) is 27.8 Å². The second-order valence-electron chi connectivity index (χ2n) is 17.5. The summed E-state index contributed by atoms with van der Waals surface area (Å²) in [6, 6.07) is 83.1. The third-order valence-electron chi connectivity index (χ3n) is 13.6. The summed E-state index contributed by atoms with van der Waals surface area (Å²) in [4.78, 5) is 15.4. The Labute approximate surface area is 396 Å². The maximum Gasteiger partial charge on any atom is 0.164 e. The first-order chi connectivity index (χ1) is 34.2. The Balaban J connectivity index is 0.971. The minimum atomic E-state index is 0.600. The maximum absolute atomic E-state index is 7.38. The van der Waals surface area contributed by atoms with Gasteiger partial charge in [0, 0.05) is 60.3 Å². The zero-order valence-corrected chi connectivity index (χ0v) is 37.2. The second-order valence-corrected chi connectivity index (χ2v) is 17.5. The number of furan rings is 1. The smallest absolute Gasteiger partial charge is 0.164 e. The number of para-hydroxylation sites is 3. The van der Waals surface area contributed by atoms with Crippen molar-refractivity contribution in [3.63, 3.8) is 0 Å². The van der Waals surface area contributed by atoms with Gasteiger partial charge in [-0.05, 0) is 71.3 Å². The molecule has 69 heavy (non-hydrogen) atoms. The fourth-order valence-corrected chi connectivity index (χ4v) is 10.5. The van der Waals surface area contributed by atoms with Crippen LogP contribution in [0.1, 0.15) is 0 Å². The maximum atomic E-state index is 7.38. The molecule has 14 aromatic rings. The highest BCUT2D eigenvalue weighted by atomic mass is 16.3. The van der Waals surface area contributed by atoms with Crippen molar-refractivity contribution in [3.05, 3.63) is 237 Å². The molecular formula is C63H39N5O. The largest absolute Gasteiger partial charge is 0.452 e. The van der Waals surface area contributed by atoms with E-state index < -0.39 is 0 Å². The van der Waals surface area contributed by atoms with Crippen LogP contribution < -0.4 is 0 Å². The van der Waals surface area contributed by atoms with Crippen molar-refractivity contribution in [1.29, 1.82) is 0 Å². The van der Waals surface area contributed by atoms with Crippen LogP contribution in [0, 0.1) is 0 Å². The van der Waals surface area contributed by atoms with Crippen LogP contribution in [0.3, 0.4) is 0 Å². The predicted molar refractivity (Wildman–Crippen MR) is 283 cm³/mol. The minimum Gasteiger partial charge on any atom is -0.452 e. The molecule has 0 bridgehead atoms. The summed E-state index contributed by atoms with van der Waals surface area (Å²) in [5.74, 6) is 1.84. The lowest BCUT2D eigenvalue weighted by Gasteiger charge is -2.14. The monoisotopic (exact) mass is 881 g/mol. The number of benzene rings is 10. The van der Waals surface area contributed by atoms with Crippen LogP contribution in [0.25, 0.3) is 133 Å². The first kappa shape index (κ1) is 38.8. The Morgan fingerprint density at radius 1 is 0.275 bits per heavy atom. The molecule has 0 aliphatic carbocycles. The molecule has 0 atom stereocenters. The van der Waals surface area contributed by atoms with Gasteiger partial charge in [0.25, 0.3) is 0 Å². The average molecular weight is 882 g/mol. The molecule has 10 aromatic carbocycles. The quantitative estimate of drug-likeness (QED) is 0.160. The lowest BCUT2D eigenvalue weighted by Crippen LogP contribution is -2.01. The molecule has 0 saturated heterocycles. The van der Waals surface area contributed by atoms with Crippen molar-refractivity contribution < 1.29 is 4.42 Å². The Morgan fingerprint density at radius 3 is 1.30 bits per heavy atom. The molecule has 14 rings (SSSR count). The molecular weight excluding hydrogens is 843 g/mol. The zero-order chi connectivity index (χ0) is 45.4. The molecule has 0 fully saturated rings. The van der Waals surface area contributed by atoms with E-state index in [1.165, 1.54) is 5.39 Å². The van der Waals surface area contributed by atoms with E-state index in [0.717, 1.165) is 110 Å². The van der Waals surface area contributed by atoms with Crippen LogP contribution in [-0.4, -0.2) is 24.1 Å². The van der Waals surface area contributed by atoms with Gasteiger partial charge in [-0.3, -0.25) is 0 Å². The van der Waals surface area contributed by atoms with Crippen molar-refractivity contribution >= 4 is 65.6 Å². The van der Waals surface area contributed by atoms with Crippen LogP contribution in [0.15, 0.2) is 241 Å². The summed E-state index contributed by atoms with van der Waals surface area (Å²) in [5, 5.41) is 6.74. The second kappa shape index (κ2) is 15.6. The first-order valence-electron chi connectivity index (χ1n) is 23.3. The molecule has 6 nitrogen and oxygen atoms in total. The van der Waals surface area contributed by atoms with Gasteiger partial charge < -0.3 is 13.6 Å². The van der Waals surface area contributed by atoms with E-state index in [2.05, 4.69) is 203 Å². The van der Waals surface area contributed by atoms with Crippen LogP contribution in [0.5, 0.6) is 0 Å². The van der Waals surface area contributed by atoms with Crippen molar-refractivity contribution in [2.75, 3.05) is 0 Å². The molecule has 0 saturated carbocycles. The lowest BCUT2D eigenvalue weighted by molar-refractivity contribution is 0.673. The standard InChI is InChI=1S/C63H39N5O/c1-4-18-40(19-5-1)45-24-10-11-28-53(45)63-65-61(42-22-8-3-9-23-42)64-62(66-63)43-32-34-44(35-33-43)67-55-30-16-13-26-47(55)49-36-38-51-52-39-37-50-48-27-14-17-31-56(48)68(58(50)60(52)69-59(51)57(49)67)54-29-15-12-25-46(54)41-20-6-2-7-21-41/h1-39H. The molecule has 4 aromatic heterocycles. The molecule has 0 spiro atoms. The van der Waals surface area contributed by atoms with Gasteiger partial charge in [0.2, 0.25) is 0 Å². The van der Waals surface area contributed by atoms with Gasteiger partial charge in [-0.15, -0.1) is 0 Å². The lowest BCUT2D eigenvalue weighted by atomic mass is 9.99. The van der Waals surface area contributed by atoms with Gasteiger partial charge >= 0.3 is 0 Å². The molecule has 0 unspecified atom stereocenters. The summed E-state index contributed by atoms with van der Waals surface area (Å²) in [5.41, 5.74) is 15.3. The van der Waals surface area contributed by atoms with Gasteiger partial charge in [0.15, 0.2) is 28.6 Å². The van der Waals surface area contributed by atoms with E-state index >= 15 is 0 Å². The van der Waals surface area contributed by atoms with E-state index in [1.54, 1.807) is 0 Å². The van der Waals surface area contributed by atoms with Crippen molar-refractivity contribution in [2.45, 2.75) is 0 Å². The van der Waals surface area contributed by atoms with Crippen molar-refractivity contribution in [1.82, 2.24) is 24.1 Å². The van der Waals surface area contributed by atoms with Crippen molar-refractivity contribution in [2.24, 2.45) is 0 Å². The average Bonchev–Trinajstić information content (AvgIpc) is 4.10. The van der Waals surface area contributed by atoms with Gasteiger partial charge in [-0.2, -0.15) is 0 Å². The van der Waals surface area contributed by atoms with Gasteiger partial charge in [-0.25, -0.2) is 15.0 Å². The SMILES string of the molecule is c1ccc(-c2nc(-c3ccc(-n4c5ccccc5c5ccc6c7ccc8c9ccccc9n(-c9ccccc9-c9ccccc9)c8c7oc6c54)cc3)nc(-c3ccccc3-c3ccccc3)n2)cc1. The summed E-state index contributed by atoms with van der Waals surface area (Å²) in [6.45, 7) is 0. The zero-order valence-electron chi connectivity index (χ0n) is 37.2. The molecule has 0 aliphatic heterocycles. The Kier molecular flexibility index (Phi) is 8.79. The van der Waals surface area contributed by atoms with Gasteiger partial charge in [-0.1, -0.05) is 182 Å². The highest BCUT2D eigenvalue weighted by Gasteiger charge is 2.24. The summed E-state index contributed by atoms with van der Waals surface area (Å²) >= 11 is 0. The van der Waals surface area contributed by atoms with E-state index in [4.69, 9.17) is 19.4 Å². The number of fused-ring (bicyclic) bond motifs is 11. The fraction of sp³-hybridized carbons (Fsp3) is 0. The van der Waals surface area contributed by atoms with E-state index in [9.17, 15) is 0 Å². The Bertz CT molecular complexity index is 4280. The molecule has 6 heteroatoms. The molecule has 0 N–H and O–H groups in total. The number of hydrogen-bond donors (Lipinski definition) is 0. The normalized spacial score (nSPS) is 11.8. The topological polar surface area (TPSA) is 61.7 Å². The summed E-state index contributed by atoms with van der Waals surface area (Å²) in [7, 11) is 0. The Morgan fingerprint density at radius 2 is 0.696 bits per heavy atom. The Hall–Kier alpha value is -9.39. The predicted octanol–water partition coefficient (Wildman–Crippen LogP) is 16.3. The van der Waals surface area contributed by atoms with E-state index in [1.807, 2.05) is 42.5 Å². The summed E-state index contributed by atoms with van der Waals surface area (Å²) < 4.78 is 12.1. The van der Waals surface area contributed by atoms with Crippen LogP contribution in [0.4, 0.5) is 0 Å². The minimum absolute atomic E-state index is 0.600. The van der Waals surface area contributed by atoms with Crippen LogP contribution >= 0.6 is 0 Å². The van der Waals surface area contributed by atoms with E-state index in [-0.39, 0.29) is 0 Å². The highest BCUT2D eigenvalue weighted by Crippen LogP contribution is 2.45. The van der Waals surface area contributed by atoms with Gasteiger partial charge in [0.1, 0.15) is 0 Å². The number of rotatable bonds is 7. The first-order valence-corrected chi connectivity index (χ1v) is 23.3. The highest BCUT2D eigenvalue weighted by molar-refractivity contribution is 6.26. The van der Waals surface area contributed by atoms with E-state index in [0.29, 0.717) is 17.5 Å². The molecule has 322 valence electrons. The number of aromatic nitrogens is 5. The van der Waals surface area contributed by atoms with Crippen LogP contribution in [0.2, 0.25) is 0 Å². The molecule has 0 aliphatic rings. The number of nitrogens with zero attached hydrogens (tertiary/aromatic N) is 5. The summed E-state index contributed by atoms with van der Waals surface area (Å²) in [6.07, 6.45) is 0. The third-order valence-corrected chi connectivity index (χ3v) is 13.6. The molecule has 0 radical (unpaired) electrons. The molecule has 4 heterocycles. The molecule has 0 amide bonds.